The third-order valence-corrected chi connectivity index (χ3v) is 2.37. The van der Waals surface area contributed by atoms with Crippen LogP contribution in [0.1, 0.15) is 32.3 Å². The number of aliphatic carboxylic acids is 1. The lowest BCUT2D eigenvalue weighted by atomic mass is 10.1. The minimum absolute atomic E-state index is 0.0555. The minimum Gasteiger partial charge on any atom is -0.494 e. The highest BCUT2D eigenvalue weighted by Gasteiger charge is 1.99. The van der Waals surface area contributed by atoms with Gasteiger partial charge in [-0.05, 0) is 36.6 Å². The molecule has 0 fully saturated rings. The molecule has 0 amide bonds. The number of benzene rings is 1. The molecule has 1 rings (SSSR count). The number of carboxylic acid groups (broad SMARTS) is 1. The Labute approximate surface area is 102 Å². The van der Waals surface area contributed by atoms with E-state index in [-0.39, 0.29) is 6.42 Å². The summed E-state index contributed by atoms with van der Waals surface area (Å²) >= 11 is 0. The predicted molar refractivity (Wildman–Crippen MR) is 68.1 cm³/mol. The van der Waals surface area contributed by atoms with Crippen LogP contribution >= 0.6 is 0 Å². The smallest absolute Gasteiger partial charge is 0.307 e. The van der Waals surface area contributed by atoms with E-state index in [2.05, 4.69) is 6.92 Å². The highest BCUT2D eigenvalue weighted by Crippen LogP contribution is 2.18. The van der Waals surface area contributed by atoms with Crippen LogP contribution in [0.2, 0.25) is 0 Å². The fourth-order valence-electron chi connectivity index (χ4n) is 1.39. The van der Waals surface area contributed by atoms with Crippen LogP contribution in [-0.4, -0.2) is 17.7 Å². The van der Waals surface area contributed by atoms with Crippen molar-refractivity contribution in [2.45, 2.75) is 26.7 Å². The summed E-state index contributed by atoms with van der Waals surface area (Å²) in [7, 11) is 0. The lowest BCUT2D eigenvalue weighted by molar-refractivity contribution is -0.135. The van der Waals surface area contributed by atoms with E-state index < -0.39 is 5.97 Å². The van der Waals surface area contributed by atoms with Gasteiger partial charge in [0.1, 0.15) is 5.75 Å². The second-order valence-corrected chi connectivity index (χ2v) is 3.86. The second-order valence-electron chi connectivity index (χ2n) is 3.86. The van der Waals surface area contributed by atoms with E-state index in [4.69, 9.17) is 9.84 Å². The first-order chi connectivity index (χ1) is 8.13. The number of carbonyl (C=O) groups is 1. The van der Waals surface area contributed by atoms with E-state index in [0.29, 0.717) is 6.61 Å². The van der Waals surface area contributed by atoms with Gasteiger partial charge in [0.05, 0.1) is 13.0 Å². The van der Waals surface area contributed by atoms with Crippen LogP contribution in [0, 0.1) is 0 Å². The molecule has 1 aromatic carbocycles. The van der Waals surface area contributed by atoms with E-state index in [1.807, 2.05) is 31.2 Å². The van der Waals surface area contributed by atoms with Crippen LogP contribution in [0.3, 0.4) is 0 Å². The van der Waals surface area contributed by atoms with E-state index >= 15 is 0 Å². The molecule has 0 heterocycles. The van der Waals surface area contributed by atoms with Crippen LogP contribution in [0.5, 0.6) is 5.75 Å². The van der Waals surface area contributed by atoms with Crippen molar-refractivity contribution in [3.8, 4) is 5.75 Å². The molecule has 0 unspecified atom stereocenters. The molecule has 0 aliphatic heterocycles. The summed E-state index contributed by atoms with van der Waals surface area (Å²) in [6.07, 6.45) is 2.75. The van der Waals surface area contributed by atoms with Gasteiger partial charge in [-0.1, -0.05) is 25.1 Å². The molecule has 0 saturated carbocycles. The zero-order valence-electron chi connectivity index (χ0n) is 10.3. The van der Waals surface area contributed by atoms with Gasteiger partial charge < -0.3 is 9.84 Å². The fourth-order valence-corrected chi connectivity index (χ4v) is 1.39. The molecular formula is C14H18O3. The largest absolute Gasteiger partial charge is 0.494 e. The lowest BCUT2D eigenvalue weighted by Crippen LogP contribution is -1.95. The number of hydrogen-bond acceptors (Lipinski definition) is 2. The Hall–Kier alpha value is -1.77. The van der Waals surface area contributed by atoms with Gasteiger partial charge in [0, 0.05) is 0 Å². The topological polar surface area (TPSA) is 46.5 Å². The van der Waals surface area contributed by atoms with Gasteiger partial charge in [0.2, 0.25) is 0 Å². The quantitative estimate of drug-likeness (QED) is 0.821. The average Bonchev–Trinajstić information content (AvgIpc) is 2.34. The Balaban J connectivity index is 2.66. The Morgan fingerprint density at radius 3 is 2.53 bits per heavy atom. The zero-order valence-corrected chi connectivity index (χ0v) is 10.3. The first kappa shape index (κ1) is 13.3. The van der Waals surface area contributed by atoms with Crippen molar-refractivity contribution in [1.82, 2.24) is 0 Å². The summed E-state index contributed by atoms with van der Waals surface area (Å²) in [6.45, 7) is 4.69. The van der Waals surface area contributed by atoms with Crippen molar-refractivity contribution in [1.29, 1.82) is 0 Å². The molecule has 0 aromatic heterocycles. The maximum atomic E-state index is 10.4. The van der Waals surface area contributed by atoms with Crippen molar-refractivity contribution in [3.63, 3.8) is 0 Å². The molecule has 0 aliphatic rings. The summed E-state index contributed by atoms with van der Waals surface area (Å²) in [6, 6.07) is 7.70. The molecule has 92 valence electrons. The molecule has 0 saturated heterocycles. The predicted octanol–water partition coefficient (Wildman–Crippen LogP) is 3.35. The van der Waals surface area contributed by atoms with Crippen LogP contribution in [-0.2, 0) is 4.79 Å². The van der Waals surface area contributed by atoms with Gasteiger partial charge >= 0.3 is 5.97 Å². The summed E-state index contributed by atoms with van der Waals surface area (Å²) in [4.78, 5) is 10.4. The minimum atomic E-state index is -0.813. The van der Waals surface area contributed by atoms with Crippen LogP contribution < -0.4 is 4.74 Å². The molecule has 17 heavy (non-hydrogen) atoms. The van der Waals surface area contributed by atoms with Gasteiger partial charge in [-0.3, -0.25) is 4.79 Å². The number of hydrogen-bond donors (Lipinski definition) is 1. The maximum Gasteiger partial charge on any atom is 0.307 e. The van der Waals surface area contributed by atoms with Crippen molar-refractivity contribution in [3.05, 3.63) is 35.9 Å². The molecule has 1 aromatic rings. The summed E-state index contributed by atoms with van der Waals surface area (Å²) in [5.74, 6) is 0.0360. The molecule has 0 aliphatic carbocycles. The average molecular weight is 234 g/mol. The van der Waals surface area contributed by atoms with Crippen LogP contribution in [0.25, 0.3) is 5.57 Å². The summed E-state index contributed by atoms with van der Waals surface area (Å²) in [5, 5.41) is 8.59. The highest BCUT2D eigenvalue weighted by molar-refractivity contribution is 5.73. The Morgan fingerprint density at radius 1 is 1.35 bits per heavy atom. The molecular weight excluding hydrogens is 216 g/mol. The lowest BCUT2D eigenvalue weighted by Gasteiger charge is -2.06. The monoisotopic (exact) mass is 234 g/mol. The van der Waals surface area contributed by atoms with Crippen molar-refractivity contribution < 1.29 is 14.6 Å². The maximum absolute atomic E-state index is 10.4. The highest BCUT2D eigenvalue weighted by atomic mass is 16.5. The van der Waals surface area contributed by atoms with Gasteiger partial charge in [0.15, 0.2) is 0 Å². The van der Waals surface area contributed by atoms with Gasteiger partial charge in [-0.2, -0.15) is 0 Å². The van der Waals surface area contributed by atoms with Crippen molar-refractivity contribution in [2.24, 2.45) is 0 Å². The van der Waals surface area contributed by atoms with E-state index in [1.165, 1.54) is 0 Å². The van der Waals surface area contributed by atoms with Gasteiger partial charge in [-0.15, -0.1) is 0 Å². The first-order valence-corrected chi connectivity index (χ1v) is 5.75. The number of carboxylic acids is 1. The summed E-state index contributed by atoms with van der Waals surface area (Å²) < 4.78 is 5.47. The molecule has 1 N–H and O–H groups in total. The molecule has 3 heteroatoms. The van der Waals surface area contributed by atoms with E-state index in [1.54, 1.807) is 6.08 Å². The van der Waals surface area contributed by atoms with E-state index in [9.17, 15) is 4.79 Å². The molecule has 0 radical (unpaired) electrons. The van der Waals surface area contributed by atoms with Crippen LogP contribution in [0.4, 0.5) is 0 Å². The third kappa shape index (κ3) is 4.72. The van der Waals surface area contributed by atoms with Crippen molar-refractivity contribution >= 4 is 11.5 Å². The molecule has 3 nitrogen and oxygen atoms in total. The molecule has 0 bridgehead atoms. The van der Waals surface area contributed by atoms with Gasteiger partial charge in [0.25, 0.3) is 0 Å². The molecule has 0 spiro atoms. The Kier molecular flexibility index (Phi) is 5.27. The Morgan fingerprint density at radius 2 is 2.00 bits per heavy atom. The summed E-state index contributed by atoms with van der Waals surface area (Å²) in [5.41, 5.74) is 1.99. The SMILES string of the molecule is CCCOc1ccc(/C(C)=C/CC(=O)O)cc1. The zero-order chi connectivity index (χ0) is 12.7. The number of allylic oxidation sites excluding steroid dienone is 1. The molecule has 0 atom stereocenters. The number of ether oxygens (including phenoxy) is 1. The third-order valence-electron chi connectivity index (χ3n) is 2.37. The number of rotatable bonds is 6. The van der Waals surface area contributed by atoms with Gasteiger partial charge in [-0.25, -0.2) is 0 Å². The standard InChI is InChI=1S/C14H18O3/c1-3-10-17-13-7-5-12(6-8-13)11(2)4-9-14(15)16/h4-8H,3,9-10H2,1-2H3,(H,15,16)/b11-4+. The van der Waals surface area contributed by atoms with E-state index in [0.717, 1.165) is 23.3 Å². The fraction of sp³-hybridized carbons (Fsp3) is 0.357. The van der Waals surface area contributed by atoms with Crippen LogP contribution in [0.15, 0.2) is 30.3 Å². The van der Waals surface area contributed by atoms with Crippen molar-refractivity contribution in [2.75, 3.05) is 6.61 Å². The first-order valence-electron chi connectivity index (χ1n) is 5.75. The normalized spacial score (nSPS) is 11.3. The Bertz CT molecular complexity index is 390. The second kappa shape index (κ2) is 6.74.